The van der Waals surface area contributed by atoms with Crippen LogP contribution in [0.5, 0.6) is 0 Å². The molecule has 1 aromatic rings. The lowest BCUT2D eigenvalue weighted by Gasteiger charge is -2.09. The topological polar surface area (TPSA) is 58.4 Å². The van der Waals surface area contributed by atoms with E-state index in [4.69, 9.17) is 5.73 Å². The normalized spacial score (nSPS) is 10.6. The van der Waals surface area contributed by atoms with E-state index in [9.17, 15) is 4.79 Å². The summed E-state index contributed by atoms with van der Waals surface area (Å²) in [6.45, 7) is 1.74. The minimum absolute atomic E-state index is 0.108. The van der Waals surface area contributed by atoms with Crippen molar-refractivity contribution in [2.45, 2.75) is 19.3 Å². The number of carbonyl (C=O) groups excluding carboxylic acids is 1. The number of nitrogens with one attached hydrogen (secondary N) is 1. The first-order chi connectivity index (χ1) is 8.58. The second-order valence-electron chi connectivity index (χ2n) is 4.75. The molecule has 0 aliphatic carbocycles. The van der Waals surface area contributed by atoms with E-state index in [0.717, 1.165) is 37.2 Å². The summed E-state index contributed by atoms with van der Waals surface area (Å²) >= 11 is 0. The quantitative estimate of drug-likeness (QED) is 0.565. The van der Waals surface area contributed by atoms with E-state index >= 15 is 0 Å². The van der Waals surface area contributed by atoms with Gasteiger partial charge in [-0.15, -0.1) is 0 Å². The van der Waals surface area contributed by atoms with Crippen LogP contribution in [0.1, 0.15) is 18.4 Å². The first-order valence-corrected chi connectivity index (χ1v) is 6.34. The van der Waals surface area contributed by atoms with Crippen molar-refractivity contribution in [3.8, 4) is 0 Å². The highest BCUT2D eigenvalue weighted by molar-refractivity contribution is 5.76. The third kappa shape index (κ3) is 6.25. The van der Waals surface area contributed by atoms with Crippen LogP contribution in [0, 0.1) is 0 Å². The van der Waals surface area contributed by atoms with Crippen LogP contribution in [-0.2, 0) is 11.2 Å². The summed E-state index contributed by atoms with van der Waals surface area (Å²) in [5.74, 6) is 0.108. The van der Waals surface area contributed by atoms with Crippen LogP contribution < -0.4 is 11.1 Å². The fraction of sp³-hybridized carbons (Fsp3) is 0.500. The first-order valence-electron chi connectivity index (χ1n) is 6.34. The molecule has 0 aromatic heterocycles. The summed E-state index contributed by atoms with van der Waals surface area (Å²) < 4.78 is 0. The van der Waals surface area contributed by atoms with Gasteiger partial charge in [0.1, 0.15) is 0 Å². The van der Waals surface area contributed by atoms with E-state index in [0.29, 0.717) is 6.42 Å². The minimum atomic E-state index is 0.108. The summed E-state index contributed by atoms with van der Waals surface area (Å²) in [6, 6.07) is 7.68. The van der Waals surface area contributed by atoms with E-state index in [1.807, 2.05) is 38.4 Å². The third-order valence-corrected chi connectivity index (χ3v) is 2.70. The zero-order valence-electron chi connectivity index (χ0n) is 11.3. The first kappa shape index (κ1) is 14.5. The van der Waals surface area contributed by atoms with Crippen LogP contribution in [0.15, 0.2) is 24.3 Å². The molecular formula is C14H23N3O. The van der Waals surface area contributed by atoms with Crippen molar-refractivity contribution in [2.24, 2.45) is 0 Å². The standard InChI is InChI=1S/C14H23N3O/c1-17(2)10-4-9-16-14(18)8-7-12-5-3-6-13(15)11-12/h3,5-6,11H,4,7-10,15H2,1-2H3,(H,16,18). The van der Waals surface area contributed by atoms with Crippen molar-refractivity contribution < 1.29 is 4.79 Å². The van der Waals surface area contributed by atoms with Gasteiger partial charge in [-0.1, -0.05) is 12.1 Å². The Kier molecular flexibility index (Phi) is 6.22. The second kappa shape index (κ2) is 7.71. The number of nitrogens with zero attached hydrogens (tertiary/aromatic N) is 1. The van der Waals surface area contributed by atoms with Crippen LogP contribution in [0.3, 0.4) is 0 Å². The zero-order valence-corrected chi connectivity index (χ0v) is 11.3. The second-order valence-corrected chi connectivity index (χ2v) is 4.75. The zero-order chi connectivity index (χ0) is 13.4. The molecule has 0 atom stereocenters. The minimum Gasteiger partial charge on any atom is -0.399 e. The molecule has 0 heterocycles. The molecular weight excluding hydrogens is 226 g/mol. The molecule has 0 unspecified atom stereocenters. The van der Waals surface area contributed by atoms with Crippen molar-refractivity contribution in [1.82, 2.24) is 10.2 Å². The molecule has 0 fully saturated rings. The van der Waals surface area contributed by atoms with Gasteiger partial charge >= 0.3 is 0 Å². The molecule has 1 aromatic carbocycles. The molecule has 0 radical (unpaired) electrons. The van der Waals surface area contributed by atoms with Crippen molar-refractivity contribution in [3.05, 3.63) is 29.8 Å². The molecule has 0 aliphatic rings. The Bertz CT molecular complexity index is 377. The molecule has 0 saturated carbocycles. The number of aryl methyl sites for hydroxylation is 1. The Balaban J connectivity index is 2.17. The molecule has 1 amide bonds. The largest absolute Gasteiger partial charge is 0.399 e. The fourth-order valence-corrected chi connectivity index (χ4v) is 1.72. The van der Waals surface area contributed by atoms with E-state index in [1.165, 1.54) is 0 Å². The van der Waals surface area contributed by atoms with E-state index in [1.54, 1.807) is 0 Å². The fourth-order valence-electron chi connectivity index (χ4n) is 1.72. The van der Waals surface area contributed by atoms with E-state index < -0.39 is 0 Å². The van der Waals surface area contributed by atoms with Gasteiger partial charge in [0.2, 0.25) is 5.91 Å². The van der Waals surface area contributed by atoms with Gasteiger partial charge in [0.05, 0.1) is 0 Å². The summed E-state index contributed by atoms with van der Waals surface area (Å²) in [6.07, 6.45) is 2.24. The van der Waals surface area contributed by atoms with Crippen LogP contribution in [-0.4, -0.2) is 38.0 Å². The molecule has 18 heavy (non-hydrogen) atoms. The number of carbonyl (C=O) groups is 1. The van der Waals surface area contributed by atoms with Gasteiger partial charge in [-0.05, 0) is 51.2 Å². The molecule has 100 valence electrons. The van der Waals surface area contributed by atoms with Gasteiger partial charge in [0.15, 0.2) is 0 Å². The number of nitrogen functional groups attached to an aromatic ring is 1. The van der Waals surface area contributed by atoms with Gasteiger partial charge in [-0.2, -0.15) is 0 Å². The maximum Gasteiger partial charge on any atom is 0.220 e. The summed E-state index contributed by atoms with van der Waals surface area (Å²) in [5.41, 5.74) is 7.54. The Hall–Kier alpha value is -1.55. The van der Waals surface area contributed by atoms with E-state index in [-0.39, 0.29) is 5.91 Å². The van der Waals surface area contributed by atoms with Gasteiger partial charge in [0, 0.05) is 18.7 Å². The van der Waals surface area contributed by atoms with Crippen LogP contribution in [0.2, 0.25) is 0 Å². The Morgan fingerprint density at radius 1 is 1.39 bits per heavy atom. The summed E-state index contributed by atoms with van der Waals surface area (Å²) in [5, 5.41) is 2.93. The predicted molar refractivity (Wildman–Crippen MR) is 75.4 cm³/mol. The molecule has 3 N–H and O–H groups in total. The van der Waals surface area contributed by atoms with Crippen molar-refractivity contribution in [2.75, 3.05) is 32.9 Å². The number of hydrogen-bond acceptors (Lipinski definition) is 3. The molecule has 0 bridgehead atoms. The lowest BCUT2D eigenvalue weighted by molar-refractivity contribution is -0.121. The smallest absolute Gasteiger partial charge is 0.220 e. The van der Waals surface area contributed by atoms with E-state index in [2.05, 4.69) is 10.2 Å². The summed E-state index contributed by atoms with van der Waals surface area (Å²) in [4.78, 5) is 13.7. The lowest BCUT2D eigenvalue weighted by Crippen LogP contribution is -2.27. The SMILES string of the molecule is CN(C)CCCNC(=O)CCc1cccc(N)c1. The van der Waals surface area contributed by atoms with Crippen molar-refractivity contribution in [3.63, 3.8) is 0 Å². The van der Waals surface area contributed by atoms with Crippen molar-refractivity contribution in [1.29, 1.82) is 0 Å². The number of nitrogens with two attached hydrogens (primary N) is 1. The molecule has 0 saturated heterocycles. The molecule has 0 spiro atoms. The maximum absolute atomic E-state index is 11.6. The lowest BCUT2D eigenvalue weighted by atomic mass is 10.1. The van der Waals surface area contributed by atoms with Gasteiger partial charge in [-0.25, -0.2) is 0 Å². The summed E-state index contributed by atoms with van der Waals surface area (Å²) in [7, 11) is 4.06. The monoisotopic (exact) mass is 249 g/mol. The number of amides is 1. The number of hydrogen-bond donors (Lipinski definition) is 2. The highest BCUT2D eigenvalue weighted by Gasteiger charge is 2.02. The molecule has 1 rings (SSSR count). The molecule has 4 nitrogen and oxygen atoms in total. The Labute approximate surface area is 109 Å². The van der Waals surface area contributed by atoms with Crippen molar-refractivity contribution >= 4 is 11.6 Å². The number of anilines is 1. The average Bonchev–Trinajstić information content (AvgIpc) is 2.32. The average molecular weight is 249 g/mol. The third-order valence-electron chi connectivity index (χ3n) is 2.70. The van der Waals surface area contributed by atoms with Gasteiger partial charge in [0.25, 0.3) is 0 Å². The maximum atomic E-state index is 11.6. The highest BCUT2D eigenvalue weighted by atomic mass is 16.1. The van der Waals surface area contributed by atoms with Crippen LogP contribution in [0.4, 0.5) is 5.69 Å². The Morgan fingerprint density at radius 3 is 2.83 bits per heavy atom. The van der Waals surface area contributed by atoms with Crippen LogP contribution in [0.25, 0.3) is 0 Å². The van der Waals surface area contributed by atoms with Gasteiger partial charge < -0.3 is 16.0 Å². The number of benzene rings is 1. The number of rotatable bonds is 7. The molecule has 0 aliphatic heterocycles. The molecule has 4 heteroatoms. The van der Waals surface area contributed by atoms with Gasteiger partial charge in [-0.3, -0.25) is 4.79 Å². The highest BCUT2D eigenvalue weighted by Crippen LogP contribution is 2.08. The Morgan fingerprint density at radius 2 is 2.17 bits per heavy atom. The van der Waals surface area contributed by atoms with Crippen LogP contribution >= 0.6 is 0 Å². The predicted octanol–water partition coefficient (Wildman–Crippen LogP) is 1.27.